The van der Waals surface area contributed by atoms with Crippen LogP contribution in [0.2, 0.25) is 0 Å². The van der Waals surface area contributed by atoms with Crippen LogP contribution in [0.1, 0.15) is 51.7 Å². The Labute approximate surface area is 106 Å². The molecule has 1 fully saturated rings. The molecular weight excluding hydrogens is 206 g/mol. The first kappa shape index (κ1) is 12.6. The number of hydrogen-bond donors (Lipinski definition) is 1. The molecule has 1 aliphatic heterocycles. The lowest BCUT2D eigenvalue weighted by molar-refractivity contribution is 0.339. The lowest BCUT2D eigenvalue weighted by Gasteiger charge is -2.35. The summed E-state index contributed by atoms with van der Waals surface area (Å²) in [6, 6.07) is 9.26. The Balaban J connectivity index is 2.23. The van der Waals surface area contributed by atoms with Crippen molar-refractivity contribution in [2.24, 2.45) is 0 Å². The van der Waals surface area contributed by atoms with E-state index in [1.54, 1.807) is 0 Å². The number of piperidine rings is 1. The minimum absolute atomic E-state index is 0.254. The van der Waals surface area contributed by atoms with Gasteiger partial charge in [-0.15, -0.1) is 0 Å². The summed E-state index contributed by atoms with van der Waals surface area (Å²) < 4.78 is 0. The van der Waals surface area contributed by atoms with Crippen molar-refractivity contribution in [1.82, 2.24) is 5.32 Å². The summed E-state index contributed by atoms with van der Waals surface area (Å²) in [5.74, 6) is 0. The maximum Gasteiger partial charge on any atom is 0.00500 e. The summed E-state index contributed by atoms with van der Waals surface area (Å²) in [7, 11) is 0. The summed E-state index contributed by atoms with van der Waals surface area (Å²) in [6.45, 7) is 11.5. The quantitative estimate of drug-likeness (QED) is 0.778. The molecule has 1 heteroatoms. The molecule has 1 aromatic carbocycles. The smallest absolute Gasteiger partial charge is 0.00500 e. The van der Waals surface area contributed by atoms with E-state index in [9.17, 15) is 0 Å². The van der Waals surface area contributed by atoms with Crippen LogP contribution in [0, 0.1) is 0 Å². The van der Waals surface area contributed by atoms with Crippen LogP contribution >= 0.6 is 0 Å². The van der Waals surface area contributed by atoms with Gasteiger partial charge < -0.3 is 5.32 Å². The fourth-order valence-electron chi connectivity index (χ4n) is 2.68. The van der Waals surface area contributed by atoms with Crippen molar-refractivity contribution < 1.29 is 0 Å². The van der Waals surface area contributed by atoms with Gasteiger partial charge in [-0.1, -0.05) is 52.0 Å². The molecule has 1 unspecified atom stereocenters. The number of rotatable bonds is 1. The van der Waals surface area contributed by atoms with Crippen molar-refractivity contribution in [3.05, 3.63) is 35.4 Å². The third kappa shape index (κ3) is 2.71. The van der Waals surface area contributed by atoms with Crippen LogP contribution < -0.4 is 5.32 Å². The average Bonchev–Trinajstić information content (AvgIpc) is 2.29. The van der Waals surface area contributed by atoms with Gasteiger partial charge >= 0.3 is 0 Å². The van der Waals surface area contributed by atoms with E-state index in [0.29, 0.717) is 5.41 Å². The molecule has 2 rings (SSSR count). The van der Waals surface area contributed by atoms with Gasteiger partial charge in [0.2, 0.25) is 0 Å². The maximum atomic E-state index is 3.52. The highest BCUT2D eigenvalue weighted by atomic mass is 14.9. The van der Waals surface area contributed by atoms with E-state index in [4.69, 9.17) is 0 Å². The van der Waals surface area contributed by atoms with E-state index in [1.165, 1.54) is 30.5 Å². The fourth-order valence-corrected chi connectivity index (χ4v) is 2.68. The predicted octanol–water partition coefficient (Wildman–Crippen LogP) is 3.63. The van der Waals surface area contributed by atoms with Crippen LogP contribution in [-0.2, 0) is 10.8 Å². The first-order valence-electron chi connectivity index (χ1n) is 6.74. The second-order valence-corrected chi connectivity index (χ2v) is 6.67. The zero-order chi connectivity index (χ0) is 12.5. The molecule has 94 valence electrons. The van der Waals surface area contributed by atoms with Gasteiger partial charge in [0.05, 0.1) is 0 Å². The van der Waals surface area contributed by atoms with Crippen molar-refractivity contribution in [3.63, 3.8) is 0 Å². The molecule has 0 bridgehead atoms. The lowest BCUT2D eigenvalue weighted by Crippen LogP contribution is -2.41. The predicted molar refractivity (Wildman–Crippen MR) is 74.6 cm³/mol. The van der Waals surface area contributed by atoms with Crippen molar-refractivity contribution in [1.29, 1.82) is 0 Å². The second-order valence-electron chi connectivity index (χ2n) is 6.67. The van der Waals surface area contributed by atoms with Gasteiger partial charge in [0.15, 0.2) is 0 Å². The normalized spacial score (nSPS) is 25.9. The first-order chi connectivity index (χ1) is 7.92. The van der Waals surface area contributed by atoms with Crippen molar-refractivity contribution in [2.45, 2.75) is 51.4 Å². The van der Waals surface area contributed by atoms with E-state index in [0.717, 1.165) is 6.54 Å². The molecule has 0 spiro atoms. The minimum Gasteiger partial charge on any atom is -0.316 e. The van der Waals surface area contributed by atoms with Crippen LogP contribution in [0.3, 0.4) is 0 Å². The summed E-state index contributed by atoms with van der Waals surface area (Å²) in [4.78, 5) is 0. The molecule has 1 saturated heterocycles. The van der Waals surface area contributed by atoms with Gasteiger partial charge in [-0.05, 0) is 35.9 Å². The van der Waals surface area contributed by atoms with E-state index < -0.39 is 0 Å². The molecule has 0 radical (unpaired) electrons. The molecule has 1 atom stereocenters. The Morgan fingerprint density at radius 3 is 2.24 bits per heavy atom. The molecule has 0 aliphatic carbocycles. The van der Waals surface area contributed by atoms with E-state index in [2.05, 4.69) is 57.3 Å². The van der Waals surface area contributed by atoms with Gasteiger partial charge in [0, 0.05) is 12.0 Å². The van der Waals surface area contributed by atoms with Crippen LogP contribution in [0.25, 0.3) is 0 Å². The molecule has 1 aromatic rings. The van der Waals surface area contributed by atoms with Crippen molar-refractivity contribution in [3.8, 4) is 0 Å². The summed E-state index contributed by atoms with van der Waals surface area (Å²) in [5.41, 5.74) is 3.49. The molecule has 1 N–H and O–H groups in total. The van der Waals surface area contributed by atoms with Crippen molar-refractivity contribution >= 4 is 0 Å². The Morgan fingerprint density at radius 1 is 1.12 bits per heavy atom. The fraction of sp³-hybridized carbons (Fsp3) is 0.625. The Hall–Kier alpha value is -0.820. The molecule has 0 saturated carbocycles. The number of benzene rings is 1. The van der Waals surface area contributed by atoms with E-state index >= 15 is 0 Å². The first-order valence-corrected chi connectivity index (χ1v) is 6.74. The molecule has 0 amide bonds. The number of nitrogens with one attached hydrogen (secondary N) is 1. The Kier molecular flexibility index (Phi) is 3.31. The van der Waals surface area contributed by atoms with E-state index in [-0.39, 0.29) is 5.41 Å². The zero-order valence-electron chi connectivity index (χ0n) is 11.6. The van der Waals surface area contributed by atoms with Gasteiger partial charge in [-0.2, -0.15) is 0 Å². The zero-order valence-corrected chi connectivity index (χ0v) is 11.6. The highest BCUT2D eigenvalue weighted by Crippen LogP contribution is 2.32. The van der Waals surface area contributed by atoms with Gasteiger partial charge in [0.25, 0.3) is 0 Å². The molecule has 1 heterocycles. The third-order valence-electron chi connectivity index (χ3n) is 4.05. The van der Waals surface area contributed by atoms with Crippen LogP contribution in [0.4, 0.5) is 0 Å². The van der Waals surface area contributed by atoms with Gasteiger partial charge in [0.1, 0.15) is 0 Å². The second kappa shape index (κ2) is 4.45. The average molecular weight is 231 g/mol. The summed E-state index contributed by atoms with van der Waals surface area (Å²) in [6.07, 6.45) is 2.59. The van der Waals surface area contributed by atoms with Gasteiger partial charge in [-0.25, -0.2) is 0 Å². The summed E-state index contributed by atoms with van der Waals surface area (Å²) in [5, 5.41) is 3.52. The highest BCUT2D eigenvalue weighted by Gasteiger charge is 2.28. The topological polar surface area (TPSA) is 12.0 Å². The summed E-state index contributed by atoms with van der Waals surface area (Å²) >= 11 is 0. The van der Waals surface area contributed by atoms with E-state index in [1.807, 2.05) is 0 Å². The Morgan fingerprint density at radius 2 is 1.76 bits per heavy atom. The SMILES string of the molecule is CC(C)(C)c1ccc(C2(C)CCCNC2)cc1. The molecule has 0 aromatic heterocycles. The molecular formula is C16H25N. The van der Waals surface area contributed by atoms with Gasteiger partial charge in [-0.3, -0.25) is 0 Å². The van der Waals surface area contributed by atoms with Crippen LogP contribution in [-0.4, -0.2) is 13.1 Å². The standard InChI is InChI=1S/C16H25N/c1-15(2,3)13-6-8-14(9-7-13)16(4)10-5-11-17-12-16/h6-9,17H,5,10-12H2,1-4H3. The molecule has 1 aliphatic rings. The maximum absolute atomic E-state index is 3.52. The lowest BCUT2D eigenvalue weighted by atomic mass is 9.75. The molecule has 17 heavy (non-hydrogen) atoms. The van der Waals surface area contributed by atoms with Crippen molar-refractivity contribution in [2.75, 3.05) is 13.1 Å². The Bertz CT molecular complexity index is 364. The van der Waals surface area contributed by atoms with Crippen LogP contribution in [0.15, 0.2) is 24.3 Å². The third-order valence-corrected chi connectivity index (χ3v) is 4.05. The highest BCUT2D eigenvalue weighted by molar-refractivity contribution is 5.32. The molecule has 1 nitrogen and oxygen atoms in total. The monoisotopic (exact) mass is 231 g/mol. The largest absolute Gasteiger partial charge is 0.316 e. The number of hydrogen-bond acceptors (Lipinski definition) is 1. The van der Waals surface area contributed by atoms with Crippen LogP contribution in [0.5, 0.6) is 0 Å². The minimum atomic E-state index is 0.254.